The molecule has 0 atom stereocenters. The van der Waals surface area contributed by atoms with Gasteiger partial charge in [-0.05, 0) is 27.5 Å². The molecule has 0 heterocycles. The minimum absolute atomic E-state index is 0.0578. The maximum atomic E-state index is 6.85. The van der Waals surface area contributed by atoms with Gasteiger partial charge < -0.3 is 56.5 Å². The van der Waals surface area contributed by atoms with Gasteiger partial charge in [0.25, 0.3) is 8.32 Å². The van der Waals surface area contributed by atoms with E-state index in [1.54, 1.807) is 0 Å². The summed E-state index contributed by atoms with van der Waals surface area (Å²) in [7, 11) is -2.54. The Morgan fingerprint density at radius 2 is 0.561 bits per heavy atom. The summed E-state index contributed by atoms with van der Waals surface area (Å²) in [6, 6.07) is 31.0. The smallest absolute Gasteiger partial charge is 0.261 e. The van der Waals surface area contributed by atoms with Crippen LogP contribution in [-0.4, -0.2) is 154 Å². The molecule has 0 aliphatic heterocycles. The van der Waals surface area contributed by atoms with Crippen molar-refractivity contribution in [3.05, 3.63) is 91.0 Å². The summed E-state index contributed by atoms with van der Waals surface area (Å²) < 4.78 is 68.2. The highest BCUT2D eigenvalue weighted by molar-refractivity contribution is 6.99. The molecule has 0 radical (unpaired) electrons. The number of rotatable bonds is 37. The lowest BCUT2D eigenvalue weighted by Gasteiger charge is -2.43. The van der Waals surface area contributed by atoms with Crippen molar-refractivity contribution in [2.75, 3.05) is 145 Å². The standard InChI is InChI=1S/C44H68O12Si/c1-44(2,3)57(42-15-9-5-10-16-42,43-17-11-6-12-18-43)56-40-38-54-36-34-52-32-30-50-28-26-48-24-22-46-20-19-45-21-23-47-25-27-49-29-31-51-33-35-53-37-39-55-41-13-7-4-8-14-41/h4-18H,19-40H2,1-3H3. The number of hydrogen-bond acceptors (Lipinski definition) is 12. The zero-order chi connectivity index (χ0) is 40.4. The number of hydrogen-bond donors (Lipinski definition) is 0. The molecule has 0 unspecified atom stereocenters. The van der Waals surface area contributed by atoms with E-state index in [9.17, 15) is 0 Å². The summed E-state index contributed by atoms with van der Waals surface area (Å²) in [4.78, 5) is 0. The Hall–Kier alpha value is -2.76. The van der Waals surface area contributed by atoms with Gasteiger partial charge >= 0.3 is 0 Å². The van der Waals surface area contributed by atoms with Crippen molar-refractivity contribution in [1.29, 1.82) is 0 Å². The first-order valence-electron chi connectivity index (χ1n) is 20.2. The molecule has 3 aromatic rings. The van der Waals surface area contributed by atoms with E-state index in [1.807, 2.05) is 30.3 Å². The fourth-order valence-corrected chi connectivity index (χ4v) is 10.4. The van der Waals surface area contributed by atoms with Crippen molar-refractivity contribution in [1.82, 2.24) is 0 Å². The summed E-state index contributed by atoms with van der Waals surface area (Å²) >= 11 is 0. The average molecular weight is 817 g/mol. The average Bonchev–Trinajstić information content (AvgIpc) is 3.23. The molecule has 320 valence electrons. The van der Waals surface area contributed by atoms with E-state index < -0.39 is 8.32 Å². The number of para-hydroxylation sites is 1. The van der Waals surface area contributed by atoms with Crippen LogP contribution in [-0.2, 0) is 51.8 Å². The first-order chi connectivity index (χ1) is 28.0. The molecule has 12 nitrogen and oxygen atoms in total. The second kappa shape index (κ2) is 32.1. The second-order valence-corrected chi connectivity index (χ2v) is 18.1. The van der Waals surface area contributed by atoms with Crippen LogP contribution in [0.4, 0.5) is 0 Å². The van der Waals surface area contributed by atoms with Crippen LogP contribution in [0.5, 0.6) is 5.75 Å². The zero-order valence-electron chi connectivity index (χ0n) is 34.6. The van der Waals surface area contributed by atoms with Crippen LogP contribution in [0.15, 0.2) is 91.0 Å². The molecule has 0 amide bonds. The summed E-state index contributed by atoms with van der Waals surface area (Å²) in [5, 5.41) is 2.48. The highest BCUT2D eigenvalue weighted by atomic mass is 28.4. The van der Waals surface area contributed by atoms with E-state index in [4.69, 9.17) is 56.5 Å². The van der Waals surface area contributed by atoms with Crippen LogP contribution in [0.25, 0.3) is 0 Å². The highest BCUT2D eigenvalue weighted by Gasteiger charge is 2.50. The molecule has 57 heavy (non-hydrogen) atoms. The van der Waals surface area contributed by atoms with Crippen LogP contribution in [0.3, 0.4) is 0 Å². The molecule has 0 aromatic heterocycles. The van der Waals surface area contributed by atoms with Crippen molar-refractivity contribution in [2.45, 2.75) is 25.8 Å². The van der Waals surface area contributed by atoms with Crippen LogP contribution in [0, 0.1) is 0 Å². The third-order valence-electron chi connectivity index (χ3n) is 8.55. The van der Waals surface area contributed by atoms with Crippen molar-refractivity contribution in [2.24, 2.45) is 0 Å². The molecule has 3 rings (SSSR count). The first-order valence-corrected chi connectivity index (χ1v) is 22.1. The van der Waals surface area contributed by atoms with Crippen molar-refractivity contribution in [3.63, 3.8) is 0 Å². The second-order valence-electron chi connectivity index (χ2n) is 13.8. The zero-order valence-corrected chi connectivity index (χ0v) is 35.6. The Bertz CT molecular complexity index is 1280. The Kier molecular flexibility index (Phi) is 27.4. The predicted octanol–water partition coefficient (Wildman–Crippen LogP) is 4.81. The molecule has 0 fully saturated rings. The Labute approximate surface area is 342 Å². The third kappa shape index (κ3) is 21.7. The maximum absolute atomic E-state index is 6.85. The lowest BCUT2D eigenvalue weighted by Crippen LogP contribution is -2.66. The van der Waals surface area contributed by atoms with Crippen molar-refractivity contribution >= 4 is 18.7 Å². The summed E-state index contributed by atoms with van der Waals surface area (Å²) in [5.41, 5.74) is 0. The van der Waals surface area contributed by atoms with Gasteiger partial charge in [0.1, 0.15) is 12.4 Å². The summed E-state index contributed by atoms with van der Waals surface area (Å²) in [6.07, 6.45) is 0. The highest BCUT2D eigenvalue weighted by Crippen LogP contribution is 2.36. The van der Waals surface area contributed by atoms with Gasteiger partial charge in [0.05, 0.1) is 139 Å². The molecule has 0 aliphatic rings. The van der Waals surface area contributed by atoms with Gasteiger partial charge in [0, 0.05) is 0 Å². The Morgan fingerprint density at radius 1 is 0.316 bits per heavy atom. The van der Waals surface area contributed by atoms with Gasteiger partial charge in [0.15, 0.2) is 0 Å². The SMILES string of the molecule is CC(C)(C)[Si](OCCOCCOCCOCCOCCOCCOCCOCCOCCOCCOCCOc1ccccc1)(c1ccccc1)c1ccccc1. The molecule has 0 bridgehead atoms. The minimum atomic E-state index is -2.54. The summed E-state index contributed by atoms with van der Waals surface area (Å²) in [6.45, 7) is 18.0. The number of ether oxygens (including phenoxy) is 11. The van der Waals surface area contributed by atoms with E-state index in [0.717, 1.165) is 5.75 Å². The molecule has 0 saturated carbocycles. The van der Waals surface area contributed by atoms with Crippen molar-refractivity contribution in [3.8, 4) is 5.75 Å². The summed E-state index contributed by atoms with van der Waals surface area (Å²) in [5.74, 6) is 0.843. The van der Waals surface area contributed by atoms with Crippen LogP contribution < -0.4 is 15.1 Å². The quantitative estimate of drug-likeness (QED) is 0.0589. The molecule has 13 heteroatoms. The Balaban J connectivity index is 0.995. The van der Waals surface area contributed by atoms with E-state index >= 15 is 0 Å². The van der Waals surface area contributed by atoms with E-state index in [1.165, 1.54) is 10.4 Å². The van der Waals surface area contributed by atoms with Gasteiger partial charge in [-0.25, -0.2) is 0 Å². The van der Waals surface area contributed by atoms with Gasteiger partial charge in [-0.3, -0.25) is 0 Å². The Morgan fingerprint density at radius 3 is 0.842 bits per heavy atom. The van der Waals surface area contributed by atoms with E-state index in [-0.39, 0.29) is 5.04 Å². The monoisotopic (exact) mass is 816 g/mol. The molecule has 0 spiro atoms. The predicted molar refractivity (Wildman–Crippen MR) is 224 cm³/mol. The van der Waals surface area contributed by atoms with Crippen LogP contribution in [0.1, 0.15) is 20.8 Å². The number of benzene rings is 3. The normalized spacial score (nSPS) is 12.0. The van der Waals surface area contributed by atoms with Crippen molar-refractivity contribution < 1.29 is 56.5 Å². The van der Waals surface area contributed by atoms with Crippen LogP contribution in [0.2, 0.25) is 5.04 Å². The lowest BCUT2D eigenvalue weighted by atomic mass is 10.2. The molecule has 0 aliphatic carbocycles. The van der Waals surface area contributed by atoms with Crippen LogP contribution >= 0.6 is 0 Å². The molecular weight excluding hydrogens is 749 g/mol. The minimum Gasteiger partial charge on any atom is -0.491 e. The van der Waals surface area contributed by atoms with E-state index in [0.29, 0.717) is 145 Å². The lowest BCUT2D eigenvalue weighted by molar-refractivity contribution is -0.0270. The molecular formula is C44H68O12Si. The van der Waals surface area contributed by atoms with Gasteiger partial charge in [-0.15, -0.1) is 0 Å². The van der Waals surface area contributed by atoms with Gasteiger partial charge in [0.2, 0.25) is 0 Å². The van der Waals surface area contributed by atoms with E-state index in [2.05, 4.69) is 81.4 Å². The van der Waals surface area contributed by atoms with Gasteiger partial charge in [-0.1, -0.05) is 99.6 Å². The third-order valence-corrected chi connectivity index (χ3v) is 13.6. The maximum Gasteiger partial charge on any atom is 0.261 e. The van der Waals surface area contributed by atoms with Gasteiger partial charge in [-0.2, -0.15) is 0 Å². The molecule has 0 N–H and O–H groups in total. The topological polar surface area (TPSA) is 111 Å². The first kappa shape index (κ1) is 48.6. The fourth-order valence-electron chi connectivity index (χ4n) is 5.83. The fraction of sp³-hybridized carbons (Fsp3) is 0.591. The molecule has 3 aromatic carbocycles. The largest absolute Gasteiger partial charge is 0.491 e. The molecule has 0 saturated heterocycles.